The van der Waals surface area contributed by atoms with Gasteiger partial charge in [0.1, 0.15) is 0 Å². The molecule has 0 saturated carbocycles. The molecule has 2 aliphatic rings. The van der Waals surface area contributed by atoms with Crippen LogP contribution in [-0.2, 0) is 21.2 Å². The van der Waals surface area contributed by atoms with Crippen molar-refractivity contribution in [1.29, 1.82) is 0 Å². The van der Waals surface area contributed by atoms with Crippen LogP contribution in [0.1, 0.15) is 23.6 Å². The number of likely N-dealkylation sites (N-methyl/N-ethyl adjacent to an activating group) is 1. The number of nitrogens with one attached hydrogen (secondary N) is 1. The minimum atomic E-state index is -3.58. The molecule has 1 atom stereocenters. The van der Waals surface area contributed by atoms with Gasteiger partial charge in [-0.1, -0.05) is 18.2 Å². The van der Waals surface area contributed by atoms with Gasteiger partial charge in [0.25, 0.3) is 0 Å². The van der Waals surface area contributed by atoms with Gasteiger partial charge in [0.05, 0.1) is 11.3 Å². The number of H-pyrrole nitrogens is 1. The van der Waals surface area contributed by atoms with E-state index in [0.717, 1.165) is 34.3 Å². The summed E-state index contributed by atoms with van der Waals surface area (Å²) in [6.07, 6.45) is 1.05. The second-order valence-corrected chi connectivity index (χ2v) is 9.52. The average molecular weight is 395 g/mol. The number of hydrogen-bond acceptors (Lipinski definition) is 3. The van der Waals surface area contributed by atoms with Crippen molar-refractivity contribution in [2.75, 3.05) is 25.0 Å². The van der Waals surface area contributed by atoms with Crippen molar-refractivity contribution in [2.24, 2.45) is 0 Å². The molecule has 28 heavy (non-hydrogen) atoms. The number of carbonyl (C=O) groups excluding carboxylic acids is 1. The Labute approximate surface area is 163 Å². The summed E-state index contributed by atoms with van der Waals surface area (Å²) in [6, 6.07) is 15.2. The van der Waals surface area contributed by atoms with Crippen LogP contribution in [-0.4, -0.2) is 43.8 Å². The van der Waals surface area contributed by atoms with Crippen LogP contribution >= 0.6 is 0 Å². The van der Waals surface area contributed by atoms with E-state index in [2.05, 4.69) is 17.1 Å². The van der Waals surface area contributed by atoms with E-state index in [-0.39, 0.29) is 23.1 Å². The lowest BCUT2D eigenvalue weighted by Gasteiger charge is -2.17. The number of amides is 1. The lowest BCUT2D eigenvalue weighted by molar-refractivity contribution is -0.117. The summed E-state index contributed by atoms with van der Waals surface area (Å²) in [4.78, 5) is 17.2. The van der Waals surface area contributed by atoms with E-state index in [9.17, 15) is 13.2 Å². The molecule has 3 heterocycles. The number of benzene rings is 2. The Morgan fingerprint density at radius 1 is 1.11 bits per heavy atom. The van der Waals surface area contributed by atoms with Crippen LogP contribution in [0.2, 0.25) is 0 Å². The van der Waals surface area contributed by atoms with Gasteiger partial charge in [-0.3, -0.25) is 4.79 Å². The zero-order chi connectivity index (χ0) is 19.5. The number of carbonyl (C=O) groups is 1. The molecule has 1 aromatic heterocycles. The Morgan fingerprint density at radius 3 is 2.75 bits per heavy atom. The number of aromatic amines is 1. The summed E-state index contributed by atoms with van der Waals surface area (Å²) in [5.41, 5.74) is 3.73. The molecule has 3 aromatic rings. The zero-order valence-corrected chi connectivity index (χ0v) is 16.4. The molecule has 2 aliphatic heterocycles. The van der Waals surface area contributed by atoms with Crippen LogP contribution < -0.4 is 4.90 Å². The summed E-state index contributed by atoms with van der Waals surface area (Å²) in [5.74, 6) is 0.147. The molecule has 7 heteroatoms. The van der Waals surface area contributed by atoms with Crippen molar-refractivity contribution in [3.8, 4) is 0 Å². The monoisotopic (exact) mass is 395 g/mol. The Balaban J connectivity index is 1.41. The van der Waals surface area contributed by atoms with Crippen LogP contribution in [0.25, 0.3) is 10.9 Å². The van der Waals surface area contributed by atoms with E-state index < -0.39 is 10.0 Å². The van der Waals surface area contributed by atoms with Crippen molar-refractivity contribution in [2.45, 2.75) is 23.7 Å². The van der Waals surface area contributed by atoms with E-state index in [1.54, 1.807) is 34.5 Å². The largest absolute Gasteiger partial charge is 0.358 e. The van der Waals surface area contributed by atoms with Gasteiger partial charge in [-0.25, -0.2) is 8.42 Å². The lowest BCUT2D eigenvalue weighted by atomic mass is 10.1. The van der Waals surface area contributed by atoms with Gasteiger partial charge in [-0.15, -0.1) is 0 Å². The number of aromatic nitrogens is 1. The first-order chi connectivity index (χ1) is 13.4. The lowest BCUT2D eigenvalue weighted by Crippen LogP contribution is -2.28. The summed E-state index contributed by atoms with van der Waals surface area (Å²) in [6.45, 7) is 0.962. The van der Waals surface area contributed by atoms with Crippen molar-refractivity contribution in [1.82, 2.24) is 9.29 Å². The van der Waals surface area contributed by atoms with E-state index in [1.807, 2.05) is 18.2 Å². The molecule has 0 radical (unpaired) electrons. The third kappa shape index (κ3) is 2.65. The fraction of sp³-hybridized carbons (Fsp3) is 0.286. The van der Waals surface area contributed by atoms with Gasteiger partial charge in [0, 0.05) is 43.0 Å². The first-order valence-electron chi connectivity index (χ1n) is 9.41. The predicted molar refractivity (Wildman–Crippen MR) is 108 cm³/mol. The molecule has 5 rings (SSSR count). The van der Waals surface area contributed by atoms with E-state index in [4.69, 9.17) is 0 Å². The third-order valence-corrected chi connectivity index (χ3v) is 7.77. The van der Waals surface area contributed by atoms with Crippen LogP contribution in [0.4, 0.5) is 5.69 Å². The minimum Gasteiger partial charge on any atom is -0.358 e. The second-order valence-electron chi connectivity index (χ2n) is 7.58. The number of rotatable bonds is 3. The number of fused-ring (bicyclic) bond motifs is 2. The second kappa shape index (κ2) is 6.18. The highest BCUT2D eigenvalue weighted by Crippen LogP contribution is 2.34. The molecule has 2 aromatic carbocycles. The zero-order valence-electron chi connectivity index (χ0n) is 15.6. The first kappa shape index (κ1) is 17.5. The summed E-state index contributed by atoms with van der Waals surface area (Å²) in [7, 11) is -1.86. The number of sulfonamides is 1. The Morgan fingerprint density at radius 2 is 1.93 bits per heavy atom. The van der Waals surface area contributed by atoms with Crippen LogP contribution in [0.5, 0.6) is 0 Å². The van der Waals surface area contributed by atoms with Crippen molar-refractivity contribution in [3.05, 3.63) is 59.8 Å². The van der Waals surface area contributed by atoms with Crippen LogP contribution in [0, 0.1) is 0 Å². The average Bonchev–Trinajstić information content (AvgIpc) is 3.39. The van der Waals surface area contributed by atoms with Gasteiger partial charge >= 0.3 is 0 Å². The molecule has 1 fully saturated rings. The molecule has 1 amide bonds. The molecule has 1 unspecified atom stereocenters. The van der Waals surface area contributed by atoms with E-state index in [0.29, 0.717) is 13.1 Å². The van der Waals surface area contributed by atoms with E-state index >= 15 is 0 Å². The smallest absolute Gasteiger partial charge is 0.243 e. The number of nitrogens with zero attached hydrogens (tertiary/aromatic N) is 2. The number of anilines is 1. The summed E-state index contributed by atoms with van der Waals surface area (Å²) >= 11 is 0. The molecular formula is C21H21N3O3S. The van der Waals surface area contributed by atoms with Gasteiger partial charge < -0.3 is 9.88 Å². The highest BCUT2D eigenvalue weighted by atomic mass is 32.2. The highest BCUT2D eigenvalue weighted by Gasteiger charge is 2.35. The van der Waals surface area contributed by atoms with Crippen LogP contribution in [0.15, 0.2) is 53.4 Å². The maximum absolute atomic E-state index is 13.2. The fourth-order valence-electron chi connectivity index (χ4n) is 4.27. The normalized spacial score (nSPS) is 20.2. The van der Waals surface area contributed by atoms with Crippen molar-refractivity contribution < 1.29 is 13.2 Å². The minimum absolute atomic E-state index is 0.00963. The Bertz CT molecular complexity index is 1170. The molecule has 0 aliphatic carbocycles. The Hall–Kier alpha value is -2.64. The van der Waals surface area contributed by atoms with Crippen LogP contribution in [0.3, 0.4) is 0 Å². The summed E-state index contributed by atoms with van der Waals surface area (Å²) in [5, 5.41) is 1.14. The van der Waals surface area contributed by atoms with Crippen molar-refractivity contribution >= 4 is 32.5 Å². The van der Waals surface area contributed by atoms with Gasteiger partial charge in [-0.2, -0.15) is 4.31 Å². The van der Waals surface area contributed by atoms with Crippen molar-refractivity contribution in [3.63, 3.8) is 0 Å². The summed E-state index contributed by atoms with van der Waals surface area (Å²) < 4.78 is 27.9. The maximum atomic E-state index is 13.2. The topological polar surface area (TPSA) is 73.5 Å². The highest BCUT2D eigenvalue weighted by molar-refractivity contribution is 7.89. The Kier molecular flexibility index (Phi) is 3.86. The molecular weight excluding hydrogens is 374 g/mol. The molecule has 144 valence electrons. The molecule has 0 bridgehead atoms. The third-order valence-electron chi connectivity index (χ3n) is 5.91. The SMILES string of the molecule is CN1C(=O)Cc2cc(S(=O)(=O)N3CCC(c4cc5ccccc5[nH]4)C3)ccc21. The standard InChI is InChI=1S/C21H21N3O3S/c1-23-20-7-6-17(10-16(20)12-21(23)25)28(26,27)24-9-8-15(13-24)19-11-14-4-2-3-5-18(14)22-19/h2-7,10-11,15,22H,8-9,12-13H2,1H3. The predicted octanol–water partition coefficient (Wildman–Crippen LogP) is 2.87. The maximum Gasteiger partial charge on any atom is 0.243 e. The molecule has 0 spiro atoms. The van der Waals surface area contributed by atoms with Gasteiger partial charge in [0.15, 0.2) is 0 Å². The van der Waals surface area contributed by atoms with E-state index in [1.165, 1.54) is 0 Å². The number of hydrogen-bond donors (Lipinski definition) is 1. The molecule has 6 nitrogen and oxygen atoms in total. The molecule has 1 saturated heterocycles. The first-order valence-corrected chi connectivity index (χ1v) is 10.8. The van der Waals surface area contributed by atoms with Gasteiger partial charge in [-0.05, 0) is 47.7 Å². The molecule has 1 N–H and O–H groups in total. The number of para-hydroxylation sites is 1. The fourth-order valence-corrected chi connectivity index (χ4v) is 5.82. The quantitative estimate of drug-likeness (QED) is 0.741. The van der Waals surface area contributed by atoms with Gasteiger partial charge in [0.2, 0.25) is 15.9 Å².